The predicted molar refractivity (Wildman–Crippen MR) is 200 cm³/mol. The molecule has 0 unspecified atom stereocenters. The minimum absolute atomic E-state index is 0.549. The van der Waals surface area contributed by atoms with Crippen LogP contribution >= 0.6 is 0 Å². The zero-order valence-corrected chi connectivity index (χ0v) is 26.7. The average Bonchev–Trinajstić information content (AvgIpc) is 3.69. The van der Waals surface area contributed by atoms with Crippen LogP contribution in [-0.2, 0) is 0 Å². The number of rotatable bonds is 4. The van der Waals surface area contributed by atoms with E-state index in [0.717, 1.165) is 66.5 Å². The Kier molecular flexibility index (Phi) is 6.56. The SMILES string of the molecule is N#Cc1ccc(-n2c3ccc(C#N)cc3c3cc(C#N)ccc32)c(-c2ccccc2-c2cccc(-n3c4ccccc4c4ccccc43)c2)c1. The highest BCUT2D eigenvalue weighted by Gasteiger charge is 2.20. The molecule has 7 aromatic carbocycles. The van der Waals surface area contributed by atoms with Gasteiger partial charge in [0.05, 0.1) is 62.7 Å². The molecule has 2 aromatic heterocycles. The van der Waals surface area contributed by atoms with Gasteiger partial charge in [0.1, 0.15) is 0 Å². The summed E-state index contributed by atoms with van der Waals surface area (Å²) in [5.74, 6) is 0. The van der Waals surface area contributed by atoms with Gasteiger partial charge in [0.25, 0.3) is 0 Å². The first-order chi connectivity index (χ1) is 24.7. The maximum atomic E-state index is 10.1. The van der Waals surface area contributed by atoms with Crippen LogP contribution in [0.1, 0.15) is 16.7 Å². The van der Waals surface area contributed by atoms with E-state index in [4.69, 9.17) is 0 Å². The molecule has 0 N–H and O–H groups in total. The van der Waals surface area contributed by atoms with Crippen LogP contribution in [0.15, 0.2) is 152 Å². The molecule has 0 bridgehead atoms. The molecule has 0 fully saturated rings. The molecule has 5 heteroatoms. The fraction of sp³-hybridized carbons (Fsp3) is 0. The maximum absolute atomic E-state index is 10.1. The lowest BCUT2D eigenvalue weighted by Crippen LogP contribution is -1.99. The van der Waals surface area contributed by atoms with E-state index in [2.05, 4.69) is 112 Å². The topological polar surface area (TPSA) is 81.2 Å². The zero-order valence-electron chi connectivity index (χ0n) is 26.7. The number of nitriles is 3. The van der Waals surface area contributed by atoms with Crippen LogP contribution in [0.4, 0.5) is 0 Å². The molecule has 0 amide bonds. The van der Waals surface area contributed by atoms with Gasteiger partial charge in [-0.15, -0.1) is 0 Å². The van der Waals surface area contributed by atoms with Crippen molar-refractivity contribution in [3.63, 3.8) is 0 Å². The lowest BCUT2D eigenvalue weighted by atomic mass is 9.92. The second-order valence-corrected chi connectivity index (χ2v) is 12.3. The van der Waals surface area contributed by atoms with Gasteiger partial charge in [0.15, 0.2) is 0 Å². The minimum atomic E-state index is 0.549. The van der Waals surface area contributed by atoms with Gasteiger partial charge in [-0.1, -0.05) is 72.8 Å². The molecule has 230 valence electrons. The number of fused-ring (bicyclic) bond motifs is 6. The normalized spacial score (nSPS) is 11.1. The fourth-order valence-electron chi connectivity index (χ4n) is 7.42. The Bertz CT molecular complexity index is 2850. The fourth-order valence-corrected chi connectivity index (χ4v) is 7.42. The highest BCUT2D eigenvalue weighted by molar-refractivity contribution is 6.11. The van der Waals surface area contributed by atoms with Crippen molar-refractivity contribution in [3.05, 3.63) is 168 Å². The van der Waals surface area contributed by atoms with Crippen molar-refractivity contribution in [3.8, 4) is 51.8 Å². The molecule has 0 aliphatic carbocycles. The molecule has 0 radical (unpaired) electrons. The van der Waals surface area contributed by atoms with Crippen LogP contribution in [0.2, 0.25) is 0 Å². The molecule has 5 nitrogen and oxygen atoms in total. The molecule has 0 spiro atoms. The Balaban J connectivity index is 1.29. The third-order valence-corrected chi connectivity index (χ3v) is 9.60. The Morgan fingerprint density at radius 2 is 0.880 bits per heavy atom. The molecular weight excluding hydrogens is 611 g/mol. The average molecular weight is 636 g/mol. The number of nitrogens with zero attached hydrogens (tertiary/aromatic N) is 5. The minimum Gasteiger partial charge on any atom is -0.309 e. The smallest absolute Gasteiger partial charge is 0.0991 e. The predicted octanol–water partition coefficient (Wildman–Crippen LogP) is 10.8. The summed E-state index contributed by atoms with van der Waals surface area (Å²) in [5, 5.41) is 33.7. The van der Waals surface area contributed by atoms with Crippen LogP contribution in [0, 0.1) is 34.0 Å². The van der Waals surface area contributed by atoms with Crippen LogP contribution in [0.3, 0.4) is 0 Å². The first-order valence-corrected chi connectivity index (χ1v) is 16.3. The Morgan fingerprint density at radius 3 is 1.50 bits per heavy atom. The summed E-state index contributed by atoms with van der Waals surface area (Å²) in [4.78, 5) is 0. The lowest BCUT2D eigenvalue weighted by molar-refractivity contribution is 1.18. The molecule has 0 saturated heterocycles. The van der Waals surface area contributed by atoms with Crippen molar-refractivity contribution in [1.82, 2.24) is 9.13 Å². The second-order valence-electron chi connectivity index (χ2n) is 12.3. The Labute approximate surface area is 287 Å². The molecule has 2 heterocycles. The summed E-state index contributed by atoms with van der Waals surface area (Å²) >= 11 is 0. The highest BCUT2D eigenvalue weighted by atomic mass is 15.0. The van der Waals surface area contributed by atoms with Gasteiger partial charge >= 0.3 is 0 Å². The number of hydrogen-bond acceptors (Lipinski definition) is 3. The summed E-state index contributed by atoms with van der Waals surface area (Å²) in [5.41, 5.74) is 11.7. The van der Waals surface area contributed by atoms with E-state index in [-0.39, 0.29) is 0 Å². The third-order valence-electron chi connectivity index (χ3n) is 9.60. The highest BCUT2D eigenvalue weighted by Crippen LogP contribution is 2.41. The van der Waals surface area contributed by atoms with Gasteiger partial charge in [0.2, 0.25) is 0 Å². The van der Waals surface area contributed by atoms with Gasteiger partial charge < -0.3 is 9.13 Å². The summed E-state index contributed by atoms with van der Waals surface area (Å²) in [7, 11) is 0. The maximum Gasteiger partial charge on any atom is 0.0991 e. The van der Waals surface area contributed by atoms with Crippen LogP contribution in [-0.4, -0.2) is 9.13 Å². The van der Waals surface area contributed by atoms with E-state index < -0.39 is 0 Å². The largest absolute Gasteiger partial charge is 0.309 e. The summed E-state index contributed by atoms with van der Waals surface area (Å²) in [6, 6.07) is 57.9. The van der Waals surface area contributed by atoms with Gasteiger partial charge in [-0.05, 0) is 95.6 Å². The summed E-state index contributed by atoms with van der Waals surface area (Å²) in [6.07, 6.45) is 0. The van der Waals surface area contributed by atoms with E-state index in [1.807, 2.05) is 66.7 Å². The Hall–Kier alpha value is -7.39. The molecule has 0 saturated carbocycles. The quantitative estimate of drug-likeness (QED) is 0.193. The summed E-state index contributed by atoms with van der Waals surface area (Å²) in [6.45, 7) is 0. The molecule has 9 rings (SSSR count). The number of aromatic nitrogens is 2. The van der Waals surface area contributed by atoms with Crippen LogP contribution < -0.4 is 0 Å². The van der Waals surface area contributed by atoms with Crippen molar-refractivity contribution in [1.29, 1.82) is 15.8 Å². The van der Waals surface area contributed by atoms with E-state index in [1.54, 1.807) is 0 Å². The van der Waals surface area contributed by atoms with Crippen LogP contribution in [0.25, 0.3) is 77.2 Å². The second kappa shape index (κ2) is 11.4. The number of benzene rings is 7. The van der Waals surface area contributed by atoms with Crippen molar-refractivity contribution >= 4 is 43.6 Å². The third kappa shape index (κ3) is 4.38. The molecule has 9 aromatic rings. The molecular formula is C45H25N5. The van der Waals surface area contributed by atoms with Gasteiger partial charge in [-0.3, -0.25) is 0 Å². The monoisotopic (exact) mass is 635 g/mol. The molecule has 0 aliphatic heterocycles. The van der Waals surface area contributed by atoms with Gasteiger partial charge in [0, 0.05) is 32.8 Å². The zero-order chi connectivity index (χ0) is 33.8. The van der Waals surface area contributed by atoms with Crippen molar-refractivity contribution in [2.45, 2.75) is 0 Å². The summed E-state index contributed by atoms with van der Waals surface area (Å²) < 4.78 is 4.50. The van der Waals surface area contributed by atoms with Crippen LogP contribution in [0.5, 0.6) is 0 Å². The first kappa shape index (κ1) is 28.8. The number of para-hydroxylation sites is 2. The lowest BCUT2D eigenvalue weighted by Gasteiger charge is -2.18. The van der Waals surface area contributed by atoms with Crippen molar-refractivity contribution in [2.24, 2.45) is 0 Å². The van der Waals surface area contributed by atoms with Crippen molar-refractivity contribution in [2.75, 3.05) is 0 Å². The molecule has 0 aliphatic rings. The molecule has 0 atom stereocenters. The van der Waals surface area contributed by atoms with E-state index in [0.29, 0.717) is 16.7 Å². The van der Waals surface area contributed by atoms with Crippen molar-refractivity contribution < 1.29 is 0 Å². The van der Waals surface area contributed by atoms with Gasteiger partial charge in [-0.25, -0.2) is 0 Å². The number of hydrogen-bond donors (Lipinski definition) is 0. The van der Waals surface area contributed by atoms with E-state index in [9.17, 15) is 15.8 Å². The Morgan fingerprint density at radius 1 is 0.360 bits per heavy atom. The van der Waals surface area contributed by atoms with E-state index >= 15 is 0 Å². The first-order valence-electron chi connectivity index (χ1n) is 16.3. The van der Waals surface area contributed by atoms with E-state index in [1.165, 1.54) is 10.8 Å². The standard InChI is InChI=1S/C45H25N5/c46-26-29-16-19-43(50-44-20-17-30(27-47)23-39(44)40-24-31(28-48)18-21-45(40)50)38(22-29)35-11-2-1-10-34(35)32-8-7-9-33(25-32)49-41-14-5-3-12-36(41)37-13-4-6-15-42(37)49/h1-25H. The van der Waals surface area contributed by atoms with Gasteiger partial charge in [-0.2, -0.15) is 15.8 Å². The molecule has 50 heavy (non-hydrogen) atoms.